The summed E-state index contributed by atoms with van der Waals surface area (Å²) >= 11 is 8.14. The minimum Gasteiger partial charge on any atom is -0.370 e. The Morgan fingerprint density at radius 1 is 1.32 bits per heavy atom. The SMILES string of the molecule is CC(C)(C)c1nc(Cl)cc(NCC2CCSCC2)n1. The summed E-state index contributed by atoms with van der Waals surface area (Å²) in [7, 11) is 0. The van der Waals surface area contributed by atoms with E-state index in [-0.39, 0.29) is 5.41 Å². The molecule has 0 saturated carbocycles. The second kappa shape index (κ2) is 6.31. The molecule has 0 atom stereocenters. The first-order valence-electron chi connectivity index (χ1n) is 6.82. The number of halogens is 1. The number of hydrogen-bond acceptors (Lipinski definition) is 4. The molecule has 0 radical (unpaired) electrons. The molecule has 0 bridgehead atoms. The topological polar surface area (TPSA) is 37.8 Å². The first kappa shape index (κ1) is 14.9. The first-order chi connectivity index (χ1) is 8.95. The van der Waals surface area contributed by atoms with Gasteiger partial charge in [-0.25, -0.2) is 9.97 Å². The third-order valence-electron chi connectivity index (χ3n) is 3.28. The van der Waals surface area contributed by atoms with Crippen LogP contribution in [-0.2, 0) is 5.41 Å². The van der Waals surface area contributed by atoms with Gasteiger partial charge in [-0.2, -0.15) is 11.8 Å². The van der Waals surface area contributed by atoms with Crippen molar-refractivity contribution in [2.75, 3.05) is 23.4 Å². The van der Waals surface area contributed by atoms with Crippen LogP contribution in [0.5, 0.6) is 0 Å². The summed E-state index contributed by atoms with van der Waals surface area (Å²) in [6, 6.07) is 1.81. The molecule has 0 aliphatic carbocycles. The lowest BCUT2D eigenvalue weighted by Crippen LogP contribution is -2.21. The van der Waals surface area contributed by atoms with E-state index in [1.54, 1.807) is 0 Å². The fraction of sp³-hybridized carbons (Fsp3) is 0.714. The van der Waals surface area contributed by atoms with E-state index in [9.17, 15) is 0 Å². The maximum Gasteiger partial charge on any atom is 0.137 e. The lowest BCUT2D eigenvalue weighted by atomic mass is 9.96. The summed E-state index contributed by atoms with van der Waals surface area (Å²) < 4.78 is 0. The fourth-order valence-corrected chi connectivity index (χ4v) is 3.43. The maximum atomic E-state index is 6.08. The molecule has 0 amide bonds. The number of anilines is 1. The molecule has 1 saturated heterocycles. The number of aromatic nitrogens is 2. The minimum atomic E-state index is -0.0805. The summed E-state index contributed by atoms with van der Waals surface area (Å²) in [6.45, 7) is 7.28. The van der Waals surface area contributed by atoms with Gasteiger partial charge in [-0.15, -0.1) is 0 Å². The predicted octanol–water partition coefficient (Wildman–Crippen LogP) is 3.98. The van der Waals surface area contributed by atoms with Crippen LogP contribution in [0.3, 0.4) is 0 Å². The second-order valence-corrected chi connectivity index (χ2v) is 7.70. The van der Waals surface area contributed by atoms with Gasteiger partial charge in [-0.3, -0.25) is 0 Å². The number of hydrogen-bond donors (Lipinski definition) is 1. The molecule has 0 spiro atoms. The lowest BCUT2D eigenvalue weighted by Gasteiger charge is -2.22. The van der Waals surface area contributed by atoms with Crippen molar-refractivity contribution >= 4 is 29.2 Å². The molecule has 1 aromatic rings. The maximum absolute atomic E-state index is 6.08. The first-order valence-corrected chi connectivity index (χ1v) is 8.35. The Kier molecular flexibility index (Phi) is 4.96. The highest BCUT2D eigenvalue weighted by atomic mass is 35.5. The average Bonchev–Trinajstić information content (AvgIpc) is 2.36. The van der Waals surface area contributed by atoms with Gasteiger partial charge in [-0.1, -0.05) is 32.4 Å². The lowest BCUT2D eigenvalue weighted by molar-refractivity contribution is 0.513. The molecule has 1 aliphatic rings. The Morgan fingerprint density at radius 2 is 2.00 bits per heavy atom. The fourth-order valence-electron chi connectivity index (χ4n) is 2.04. The number of nitrogens with zero attached hydrogens (tertiary/aromatic N) is 2. The van der Waals surface area contributed by atoms with E-state index in [4.69, 9.17) is 11.6 Å². The monoisotopic (exact) mass is 299 g/mol. The normalized spacial score (nSPS) is 17.5. The van der Waals surface area contributed by atoms with Crippen molar-refractivity contribution in [3.05, 3.63) is 17.0 Å². The van der Waals surface area contributed by atoms with Gasteiger partial charge >= 0.3 is 0 Å². The number of thioether (sulfide) groups is 1. The van der Waals surface area contributed by atoms with Gasteiger partial charge in [0.05, 0.1) is 0 Å². The van der Waals surface area contributed by atoms with Crippen LogP contribution in [0.4, 0.5) is 5.82 Å². The Morgan fingerprint density at radius 3 is 2.63 bits per heavy atom. The van der Waals surface area contributed by atoms with Crippen LogP contribution in [0.25, 0.3) is 0 Å². The molecule has 0 aromatic carbocycles. The molecule has 0 unspecified atom stereocenters. The molecular weight excluding hydrogens is 278 g/mol. The van der Waals surface area contributed by atoms with Crippen LogP contribution in [0, 0.1) is 5.92 Å². The van der Waals surface area contributed by atoms with E-state index < -0.39 is 0 Å². The van der Waals surface area contributed by atoms with Crippen molar-refractivity contribution in [3.8, 4) is 0 Å². The van der Waals surface area contributed by atoms with Gasteiger partial charge in [0.25, 0.3) is 0 Å². The second-order valence-electron chi connectivity index (χ2n) is 6.09. The Labute approximate surface area is 124 Å². The molecule has 3 nitrogen and oxygen atoms in total. The summed E-state index contributed by atoms with van der Waals surface area (Å²) in [5.41, 5.74) is -0.0805. The van der Waals surface area contributed by atoms with Crippen LogP contribution < -0.4 is 5.32 Å². The summed E-state index contributed by atoms with van der Waals surface area (Å²) in [5, 5.41) is 3.94. The zero-order chi connectivity index (χ0) is 13.9. The predicted molar refractivity (Wildman–Crippen MR) is 84.3 cm³/mol. The van der Waals surface area contributed by atoms with Gasteiger partial charge in [0.1, 0.15) is 16.8 Å². The van der Waals surface area contributed by atoms with Gasteiger partial charge in [0.2, 0.25) is 0 Å². The third kappa shape index (κ3) is 4.53. The zero-order valence-electron chi connectivity index (χ0n) is 11.9. The highest BCUT2D eigenvalue weighted by molar-refractivity contribution is 7.99. The summed E-state index contributed by atoms with van der Waals surface area (Å²) in [5.74, 6) is 4.96. The Balaban J connectivity index is 2.01. The standard InChI is InChI=1S/C14H22ClN3S/c1-14(2,3)13-17-11(15)8-12(18-13)16-9-10-4-6-19-7-5-10/h8,10H,4-7,9H2,1-3H3,(H,16,17,18). The van der Waals surface area contributed by atoms with E-state index >= 15 is 0 Å². The van der Waals surface area contributed by atoms with Gasteiger partial charge < -0.3 is 5.32 Å². The molecule has 1 fully saturated rings. The van der Waals surface area contributed by atoms with E-state index in [0.717, 1.165) is 24.1 Å². The van der Waals surface area contributed by atoms with Crippen molar-refractivity contribution in [2.24, 2.45) is 5.92 Å². The number of nitrogens with one attached hydrogen (secondary N) is 1. The van der Waals surface area contributed by atoms with Gasteiger partial charge in [0, 0.05) is 18.0 Å². The van der Waals surface area contributed by atoms with Crippen molar-refractivity contribution in [1.29, 1.82) is 0 Å². The van der Waals surface area contributed by atoms with Crippen molar-refractivity contribution in [3.63, 3.8) is 0 Å². The van der Waals surface area contributed by atoms with E-state index in [2.05, 4.69) is 47.8 Å². The van der Waals surface area contributed by atoms with Crippen molar-refractivity contribution in [1.82, 2.24) is 9.97 Å². The number of rotatable bonds is 3. The van der Waals surface area contributed by atoms with Crippen LogP contribution >= 0.6 is 23.4 Å². The highest BCUT2D eigenvalue weighted by Crippen LogP contribution is 2.25. The molecular formula is C14H22ClN3S. The van der Waals surface area contributed by atoms with E-state index in [1.165, 1.54) is 24.3 Å². The molecule has 19 heavy (non-hydrogen) atoms. The van der Waals surface area contributed by atoms with Crippen molar-refractivity contribution < 1.29 is 0 Å². The quantitative estimate of drug-likeness (QED) is 0.857. The van der Waals surface area contributed by atoms with Crippen LogP contribution in [0.2, 0.25) is 5.15 Å². The Hall–Kier alpha value is -0.480. The average molecular weight is 300 g/mol. The highest BCUT2D eigenvalue weighted by Gasteiger charge is 2.19. The molecule has 106 valence electrons. The molecule has 1 N–H and O–H groups in total. The van der Waals surface area contributed by atoms with Crippen LogP contribution in [0.1, 0.15) is 39.4 Å². The Bertz CT molecular complexity index is 425. The van der Waals surface area contributed by atoms with E-state index in [0.29, 0.717) is 5.15 Å². The van der Waals surface area contributed by atoms with E-state index in [1.807, 2.05) is 6.07 Å². The molecule has 5 heteroatoms. The molecule has 2 rings (SSSR count). The van der Waals surface area contributed by atoms with Crippen molar-refractivity contribution in [2.45, 2.75) is 39.0 Å². The van der Waals surface area contributed by atoms with Gasteiger partial charge in [-0.05, 0) is 30.3 Å². The van der Waals surface area contributed by atoms with Gasteiger partial charge in [0.15, 0.2) is 0 Å². The zero-order valence-corrected chi connectivity index (χ0v) is 13.4. The molecule has 2 heterocycles. The van der Waals surface area contributed by atoms with Crippen LogP contribution in [0.15, 0.2) is 6.07 Å². The smallest absolute Gasteiger partial charge is 0.137 e. The summed E-state index contributed by atoms with van der Waals surface area (Å²) in [4.78, 5) is 8.89. The molecule has 1 aliphatic heterocycles. The summed E-state index contributed by atoms with van der Waals surface area (Å²) in [6.07, 6.45) is 2.59. The largest absolute Gasteiger partial charge is 0.370 e. The third-order valence-corrected chi connectivity index (χ3v) is 4.52. The minimum absolute atomic E-state index is 0.0805. The van der Waals surface area contributed by atoms with Crippen LogP contribution in [-0.4, -0.2) is 28.0 Å². The molecule has 1 aromatic heterocycles.